The van der Waals surface area contributed by atoms with Crippen LogP contribution >= 0.6 is 0 Å². The highest BCUT2D eigenvalue weighted by atomic mass is 16.6. The molecule has 1 aliphatic heterocycles. The van der Waals surface area contributed by atoms with E-state index in [0.29, 0.717) is 53.3 Å². The molecule has 0 saturated carbocycles. The van der Waals surface area contributed by atoms with Crippen LogP contribution in [-0.2, 0) is 29.9 Å². The summed E-state index contributed by atoms with van der Waals surface area (Å²) in [4.78, 5) is 39.1. The molecule has 2 amide bonds. The van der Waals surface area contributed by atoms with Gasteiger partial charge in [-0.25, -0.2) is 0 Å². The molecule has 5 rings (SSSR count). The molecule has 0 fully saturated rings. The number of hydrogen-bond acceptors (Lipinski definition) is 9. The van der Waals surface area contributed by atoms with E-state index in [2.05, 4.69) is 15.6 Å². The Labute approximate surface area is 258 Å². The summed E-state index contributed by atoms with van der Waals surface area (Å²) in [6.07, 6.45) is 6.20. The van der Waals surface area contributed by atoms with Crippen molar-refractivity contribution in [3.8, 4) is 0 Å². The molecule has 232 valence electrons. The van der Waals surface area contributed by atoms with Crippen LogP contribution in [0.2, 0.25) is 0 Å². The van der Waals surface area contributed by atoms with Gasteiger partial charge in [0, 0.05) is 66.3 Å². The number of aliphatic hydroxyl groups excluding tert-OH is 1. The second-order valence-corrected chi connectivity index (χ2v) is 10.8. The standard InChI is InChI=1S/C32H33N7O6/c1-21(5-2-3-15-37-20-26(14-16-40)35-36-37)32(43)28-18-27(39(44)45)12-13-29(28)38(31(32)42)19-22-6-4-7-25(17-22)34-30(41)23-8-10-24(33)11-9-23/h2,4-13,17-18,20-21,40,43H,3,14-16,19,33H2,1H3,(H,34,41)/b5-2+/t21-,32+/m0/s1. The van der Waals surface area contributed by atoms with Crippen LogP contribution in [0.15, 0.2) is 85.1 Å². The number of anilines is 3. The number of fused-ring (bicyclic) bond motifs is 1. The number of aryl methyl sites for hydroxylation is 1. The van der Waals surface area contributed by atoms with Crippen molar-refractivity contribution in [2.45, 2.75) is 38.5 Å². The maximum Gasteiger partial charge on any atom is 0.269 e. The van der Waals surface area contributed by atoms with Gasteiger partial charge in [0.25, 0.3) is 17.5 Å². The molecule has 13 nitrogen and oxygen atoms in total. The van der Waals surface area contributed by atoms with Crippen LogP contribution < -0.4 is 16.0 Å². The first-order chi connectivity index (χ1) is 21.6. The van der Waals surface area contributed by atoms with Gasteiger partial charge in [-0.1, -0.05) is 36.4 Å². The maximum absolute atomic E-state index is 14.0. The van der Waals surface area contributed by atoms with E-state index in [0.717, 1.165) is 0 Å². The predicted molar refractivity (Wildman–Crippen MR) is 167 cm³/mol. The van der Waals surface area contributed by atoms with E-state index in [-0.39, 0.29) is 30.3 Å². The predicted octanol–water partition coefficient (Wildman–Crippen LogP) is 3.57. The summed E-state index contributed by atoms with van der Waals surface area (Å²) < 4.78 is 1.64. The molecule has 0 bridgehead atoms. The van der Waals surface area contributed by atoms with Crippen molar-refractivity contribution < 1.29 is 24.7 Å². The fraction of sp³-hybridized carbons (Fsp3) is 0.250. The molecule has 0 aliphatic carbocycles. The maximum atomic E-state index is 14.0. The molecule has 2 atom stereocenters. The molecular formula is C32H33N7O6. The molecular weight excluding hydrogens is 578 g/mol. The average molecular weight is 612 g/mol. The van der Waals surface area contributed by atoms with Crippen LogP contribution in [0.1, 0.15) is 40.5 Å². The van der Waals surface area contributed by atoms with Crippen molar-refractivity contribution in [1.82, 2.24) is 15.0 Å². The van der Waals surface area contributed by atoms with E-state index in [9.17, 15) is 24.8 Å². The Hall–Kier alpha value is -5.40. The lowest BCUT2D eigenvalue weighted by Crippen LogP contribution is -2.44. The smallest absolute Gasteiger partial charge is 0.269 e. The fourth-order valence-electron chi connectivity index (χ4n) is 5.30. The normalized spacial score (nSPS) is 16.6. The number of allylic oxidation sites excluding steroid dienone is 1. The first kappa shape index (κ1) is 31.0. The van der Waals surface area contributed by atoms with Crippen molar-refractivity contribution in [1.29, 1.82) is 0 Å². The molecule has 13 heteroatoms. The molecule has 1 aromatic heterocycles. The molecule has 2 heterocycles. The van der Waals surface area contributed by atoms with Gasteiger partial charge in [-0.2, -0.15) is 0 Å². The van der Waals surface area contributed by atoms with Crippen molar-refractivity contribution in [2.75, 3.05) is 22.6 Å². The summed E-state index contributed by atoms with van der Waals surface area (Å²) in [7, 11) is 0. The topological polar surface area (TPSA) is 190 Å². The Morgan fingerprint density at radius 2 is 1.96 bits per heavy atom. The van der Waals surface area contributed by atoms with Crippen molar-refractivity contribution in [3.05, 3.63) is 118 Å². The first-order valence-electron chi connectivity index (χ1n) is 14.4. The highest BCUT2D eigenvalue weighted by Crippen LogP contribution is 2.47. The zero-order chi connectivity index (χ0) is 32.1. The zero-order valence-corrected chi connectivity index (χ0v) is 24.5. The molecule has 5 N–H and O–H groups in total. The second-order valence-electron chi connectivity index (χ2n) is 10.8. The lowest BCUT2D eigenvalue weighted by atomic mass is 9.82. The monoisotopic (exact) mass is 611 g/mol. The van der Waals surface area contributed by atoms with E-state index in [1.54, 1.807) is 72.4 Å². The van der Waals surface area contributed by atoms with E-state index in [4.69, 9.17) is 10.8 Å². The van der Waals surface area contributed by atoms with Gasteiger partial charge in [-0.3, -0.25) is 24.4 Å². The van der Waals surface area contributed by atoms with Crippen LogP contribution in [0.3, 0.4) is 0 Å². The Bertz CT molecular complexity index is 1750. The van der Waals surface area contributed by atoms with Gasteiger partial charge in [-0.05, 0) is 54.4 Å². The number of nitrogens with zero attached hydrogens (tertiary/aromatic N) is 5. The quantitative estimate of drug-likeness (QED) is 0.0803. The van der Waals surface area contributed by atoms with Gasteiger partial charge >= 0.3 is 0 Å². The minimum absolute atomic E-state index is 0.0219. The van der Waals surface area contributed by atoms with E-state index in [1.165, 1.54) is 23.1 Å². The Morgan fingerprint density at radius 3 is 2.69 bits per heavy atom. The third-order valence-electron chi connectivity index (χ3n) is 7.72. The van der Waals surface area contributed by atoms with Crippen LogP contribution in [0.5, 0.6) is 0 Å². The molecule has 45 heavy (non-hydrogen) atoms. The van der Waals surface area contributed by atoms with Gasteiger partial charge in [0.1, 0.15) is 0 Å². The number of rotatable bonds is 12. The summed E-state index contributed by atoms with van der Waals surface area (Å²) >= 11 is 0. The summed E-state index contributed by atoms with van der Waals surface area (Å²) in [5, 5.41) is 43.5. The van der Waals surface area contributed by atoms with E-state index >= 15 is 0 Å². The SMILES string of the molecule is C[C@@H](/C=C/CCn1cc(CCO)nn1)[C@]1(O)C(=O)N(Cc2cccc(NC(=O)c3ccc(N)cc3)c2)c2ccc([N+](=O)[O-])cc21. The molecule has 0 radical (unpaired) electrons. The minimum Gasteiger partial charge on any atom is -0.399 e. The molecule has 0 unspecified atom stereocenters. The number of nitro groups is 1. The van der Waals surface area contributed by atoms with Crippen molar-refractivity contribution >= 4 is 34.6 Å². The highest BCUT2D eigenvalue weighted by molar-refractivity contribution is 6.07. The summed E-state index contributed by atoms with van der Waals surface area (Å²) in [6, 6.07) is 17.5. The van der Waals surface area contributed by atoms with Gasteiger partial charge < -0.3 is 26.2 Å². The largest absolute Gasteiger partial charge is 0.399 e. The van der Waals surface area contributed by atoms with Crippen LogP contribution in [0.4, 0.5) is 22.7 Å². The molecule has 1 aliphatic rings. The average Bonchev–Trinajstić information content (AvgIpc) is 3.56. The number of benzene rings is 3. The van der Waals surface area contributed by atoms with Gasteiger partial charge in [0.05, 0.1) is 22.8 Å². The third-order valence-corrected chi connectivity index (χ3v) is 7.72. The van der Waals surface area contributed by atoms with Crippen LogP contribution in [-0.4, -0.2) is 48.6 Å². The Morgan fingerprint density at radius 1 is 1.18 bits per heavy atom. The summed E-state index contributed by atoms with van der Waals surface area (Å²) in [6.45, 7) is 2.21. The number of nitrogen functional groups attached to an aromatic ring is 1. The van der Waals surface area contributed by atoms with Crippen molar-refractivity contribution in [2.24, 2.45) is 5.92 Å². The molecule has 3 aromatic carbocycles. The van der Waals surface area contributed by atoms with Gasteiger partial charge in [0.2, 0.25) is 0 Å². The fourth-order valence-corrected chi connectivity index (χ4v) is 5.30. The number of nitrogens with two attached hydrogens (primary N) is 1. The number of nitro benzene ring substituents is 1. The lowest BCUT2D eigenvalue weighted by Gasteiger charge is -2.27. The van der Waals surface area contributed by atoms with Crippen molar-refractivity contribution in [3.63, 3.8) is 0 Å². The number of carbonyl (C=O) groups is 2. The molecule has 4 aromatic rings. The summed E-state index contributed by atoms with van der Waals surface area (Å²) in [5.41, 5.74) is 6.76. The van der Waals surface area contributed by atoms with E-state index in [1.807, 2.05) is 6.08 Å². The number of aliphatic hydroxyl groups is 2. The number of nitrogens with one attached hydrogen (secondary N) is 1. The highest BCUT2D eigenvalue weighted by Gasteiger charge is 2.53. The number of aromatic nitrogens is 3. The molecule has 0 saturated heterocycles. The first-order valence-corrected chi connectivity index (χ1v) is 14.4. The number of hydrogen-bond donors (Lipinski definition) is 4. The Kier molecular flexibility index (Phi) is 9.02. The zero-order valence-electron chi connectivity index (χ0n) is 24.5. The van der Waals surface area contributed by atoms with Crippen LogP contribution in [0, 0.1) is 16.0 Å². The lowest BCUT2D eigenvalue weighted by molar-refractivity contribution is -0.385. The minimum atomic E-state index is -2.06. The second kappa shape index (κ2) is 13.1. The van der Waals surface area contributed by atoms with Gasteiger partial charge in [0.15, 0.2) is 5.60 Å². The number of amides is 2. The summed E-state index contributed by atoms with van der Waals surface area (Å²) in [5.74, 6) is -1.68. The third kappa shape index (κ3) is 6.59. The Balaban J connectivity index is 1.35. The van der Waals surface area contributed by atoms with E-state index < -0.39 is 22.3 Å². The van der Waals surface area contributed by atoms with Gasteiger partial charge in [-0.15, -0.1) is 5.10 Å². The number of carbonyl (C=O) groups excluding carboxylic acids is 2. The number of non-ortho nitro benzene ring substituents is 1. The van der Waals surface area contributed by atoms with Crippen LogP contribution in [0.25, 0.3) is 0 Å². The molecule has 0 spiro atoms.